The summed E-state index contributed by atoms with van der Waals surface area (Å²) in [5, 5.41) is 9.73. The summed E-state index contributed by atoms with van der Waals surface area (Å²) < 4.78 is 0. The molecule has 2 aliphatic heterocycles. The van der Waals surface area contributed by atoms with Crippen molar-refractivity contribution in [2.24, 2.45) is 11.8 Å². The summed E-state index contributed by atoms with van der Waals surface area (Å²) in [4.78, 5) is 19.2. The number of benzene rings is 1. The number of aliphatic hydroxyl groups is 1. The lowest BCUT2D eigenvalue weighted by atomic mass is 9.96. The van der Waals surface area contributed by atoms with Crippen LogP contribution in [0.5, 0.6) is 0 Å². The number of piperazine rings is 1. The number of likely N-dealkylation sites (tertiary alicyclic amines) is 1. The summed E-state index contributed by atoms with van der Waals surface area (Å²) in [7, 11) is 2.16. The molecule has 0 saturated carbocycles. The minimum absolute atomic E-state index is 0.0446. The van der Waals surface area contributed by atoms with Crippen molar-refractivity contribution in [1.82, 2.24) is 14.7 Å². The number of carbonyl (C=O) groups excluding carboxylic acids is 1. The van der Waals surface area contributed by atoms with Gasteiger partial charge in [-0.05, 0) is 24.6 Å². The molecule has 1 amide bonds. The predicted octanol–water partition coefficient (Wildman–Crippen LogP) is 1.01. The smallest absolute Gasteiger partial charge is 0.246 e. The van der Waals surface area contributed by atoms with Crippen LogP contribution in [0.2, 0.25) is 0 Å². The standard InChI is InChI=1S/C20H29N3O2/c1-21-9-11-22(12-10-21)13-18-14-23(15-19(18)16-24)20(25)8-7-17-5-3-2-4-6-17/h2-8,18-19,24H,9-16H2,1H3/t18-,19-/m1/s1. The van der Waals surface area contributed by atoms with Crippen LogP contribution in [-0.2, 0) is 4.79 Å². The van der Waals surface area contributed by atoms with E-state index < -0.39 is 0 Å². The van der Waals surface area contributed by atoms with Gasteiger partial charge in [0.2, 0.25) is 5.91 Å². The minimum atomic E-state index is 0.0446. The van der Waals surface area contributed by atoms with E-state index in [2.05, 4.69) is 16.8 Å². The van der Waals surface area contributed by atoms with Crippen molar-refractivity contribution in [3.63, 3.8) is 0 Å². The third-order valence-electron chi connectivity index (χ3n) is 5.43. The molecule has 2 heterocycles. The van der Waals surface area contributed by atoms with Crippen LogP contribution in [0.25, 0.3) is 6.08 Å². The lowest BCUT2D eigenvalue weighted by Gasteiger charge is -2.34. The van der Waals surface area contributed by atoms with Crippen molar-refractivity contribution < 1.29 is 9.90 Å². The lowest BCUT2D eigenvalue weighted by molar-refractivity contribution is -0.125. The Morgan fingerprint density at radius 3 is 2.48 bits per heavy atom. The second-order valence-electron chi connectivity index (χ2n) is 7.29. The molecular weight excluding hydrogens is 314 g/mol. The van der Waals surface area contributed by atoms with Gasteiger partial charge in [-0.3, -0.25) is 4.79 Å². The topological polar surface area (TPSA) is 47.0 Å². The zero-order valence-corrected chi connectivity index (χ0v) is 15.1. The second-order valence-corrected chi connectivity index (χ2v) is 7.29. The number of nitrogens with zero attached hydrogens (tertiary/aromatic N) is 3. The van der Waals surface area contributed by atoms with E-state index >= 15 is 0 Å². The first-order valence-electron chi connectivity index (χ1n) is 9.19. The van der Waals surface area contributed by atoms with Crippen molar-refractivity contribution >= 4 is 12.0 Å². The highest BCUT2D eigenvalue weighted by molar-refractivity contribution is 5.92. The fourth-order valence-corrected chi connectivity index (χ4v) is 3.73. The summed E-state index contributed by atoms with van der Waals surface area (Å²) in [5.74, 6) is 0.597. The maximum atomic E-state index is 12.5. The molecule has 0 aromatic heterocycles. The van der Waals surface area contributed by atoms with Gasteiger partial charge in [-0.15, -0.1) is 0 Å². The van der Waals surface area contributed by atoms with E-state index in [0.717, 1.165) is 44.8 Å². The van der Waals surface area contributed by atoms with Crippen LogP contribution >= 0.6 is 0 Å². The van der Waals surface area contributed by atoms with Gasteiger partial charge in [-0.1, -0.05) is 30.3 Å². The molecule has 1 N–H and O–H groups in total. The molecule has 1 aromatic rings. The molecule has 5 heteroatoms. The van der Waals surface area contributed by atoms with Crippen LogP contribution in [0.1, 0.15) is 5.56 Å². The first-order valence-corrected chi connectivity index (χ1v) is 9.19. The summed E-state index contributed by atoms with van der Waals surface area (Å²) in [6.45, 7) is 6.89. The molecule has 5 nitrogen and oxygen atoms in total. The maximum absolute atomic E-state index is 12.5. The van der Waals surface area contributed by atoms with E-state index in [1.54, 1.807) is 6.08 Å². The third-order valence-corrected chi connectivity index (χ3v) is 5.43. The van der Waals surface area contributed by atoms with Gasteiger partial charge < -0.3 is 19.8 Å². The summed E-state index contributed by atoms with van der Waals surface area (Å²) in [6, 6.07) is 9.87. The van der Waals surface area contributed by atoms with Crippen LogP contribution in [0.3, 0.4) is 0 Å². The molecule has 3 rings (SSSR count). The Bertz CT molecular complexity index is 582. The van der Waals surface area contributed by atoms with Crippen LogP contribution in [0.4, 0.5) is 0 Å². The molecule has 1 aromatic carbocycles. The molecule has 0 spiro atoms. The van der Waals surface area contributed by atoms with Gasteiger partial charge in [0.25, 0.3) is 0 Å². The van der Waals surface area contributed by atoms with E-state index in [0.29, 0.717) is 12.5 Å². The van der Waals surface area contributed by atoms with E-state index in [1.165, 1.54) is 0 Å². The lowest BCUT2D eigenvalue weighted by Crippen LogP contribution is -2.47. The molecule has 0 aliphatic carbocycles. The Balaban J connectivity index is 1.55. The quantitative estimate of drug-likeness (QED) is 0.811. The van der Waals surface area contributed by atoms with Gasteiger partial charge >= 0.3 is 0 Å². The van der Waals surface area contributed by atoms with Crippen LogP contribution in [0.15, 0.2) is 36.4 Å². The zero-order valence-electron chi connectivity index (χ0n) is 15.1. The number of amides is 1. The second kappa shape index (κ2) is 8.61. The number of hydrogen-bond acceptors (Lipinski definition) is 4. The minimum Gasteiger partial charge on any atom is -0.396 e. The summed E-state index contributed by atoms with van der Waals surface area (Å²) in [6.07, 6.45) is 3.52. The normalized spacial score (nSPS) is 25.8. The number of rotatable bonds is 5. The van der Waals surface area contributed by atoms with Crippen LogP contribution in [-0.4, -0.2) is 85.2 Å². The molecule has 2 aliphatic rings. The Hall–Kier alpha value is -1.69. The van der Waals surface area contributed by atoms with Gasteiger partial charge in [0, 0.05) is 64.4 Å². The van der Waals surface area contributed by atoms with Crippen molar-refractivity contribution in [2.45, 2.75) is 0 Å². The monoisotopic (exact) mass is 343 g/mol. The number of carbonyl (C=O) groups is 1. The Morgan fingerprint density at radius 2 is 1.80 bits per heavy atom. The SMILES string of the molecule is CN1CCN(C[C@@H]2CN(C(=O)C=Cc3ccccc3)C[C@@H]2CO)CC1. The predicted molar refractivity (Wildman–Crippen MR) is 100 cm³/mol. The Morgan fingerprint density at radius 1 is 1.12 bits per heavy atom. The summed E-state index contributed by atoms with van der Waals surface area (Å²) >= 11 is 0. The van der Waals surface area contributed by atoms with Crippen molar-refractivity contribution in [3.05, 3.63) is 42.0 Å². The third kappa shape index (κ3) is 4.91. The highest BCUT2D eigenvalue weighted by Crippen LogP contribution is 2.25. The molecular formula is C20H29N3O2. The van der Waals surface area contributed by atoms with Gasteiger partial charge in [0.05, 0.1) is 0 Å². The molecule has 2 saturated heterocycles. The van der Waals surface area contributed by atoms with Crippen molar-refractivity contribution in [3.8, 4) is 0 Å². The largest absolute Gasteiger partial charge is 0.396 e. The molecule has 25 heavy (non-hydrogen) atoms. The van der Waals surface area contributed by atoms with Crippen LogP contribution < -0.4 is 0 Å². The highest BCUT2D eigenvalue weighted by atomic mass is 16.3. The average molecular weight is 343 g/mol. The molecule has 0 radical (unpaired) electrons. The van der Waals surface area contributed by atoms with E-state index in [1.807, 2.05) is 41.3 Å². The van der Waals surface area contributed by atoms with E-state index in [-0.39, 0.29) is 18.4 Å². The molecule has 0 unspecified atom stereocenters. The Labute approximate surface area is 150 Å². The van der Waals surface area contributed by atoms with Crippen LogP contribution in [0, 0.1) is 11.8 Å². The number of hydrogen-bond donors (Lipinski definition) is 1. The van der Waals surface area contributed by atoms with Crippen molar-refractivity contribution in [2.75, 3.05) is 59.5 Å². The first kappa shape index (κ1) is 18.1. The first-order chi connectivity index (χ1) is 12.2. The summed E-state index contributed by atoms with van der Waals surface area (Å²) in [5.41, 5.74) is 1.03. The average Bonchev–Trinajstić information content (AvgIpc) is 3.05. The number of aliphatic hydroxyl groups excluding tert-OH is 1. The molecule has 136 valence electrons. The number of likely N-dealkylation sites (N-methyl/N-ethyl adjacent to an activating group) is 1. The molecule has 2 atom stereocenters. The van der Waals surface area contributed by atoms with Crippen molar-refractivity contribution in [1.29, 1.82) is 0 Å². The zero-order chi connectivity index (χ0) is 17.6. The highest BCUT2D eigenvalue weighted by Gasteiger charge is 2.35. The van der Waals surface area contributed by atoms with Gasteiger partial charge in [0.15, 0.2) is 0 Å². The molecule has 2 fully saturated rings. The van der Waals surface area contributed by atoms with Gasteiger partial charge in [-0.25, -0.2) is 0 Å². The van der Waals surface area contributed by atoms with E-state index in [4.69, 9.17) is 0 Å². The van der Waals surface area contributed by atoms with Gasteiger partial charge in [0.1, 0.15) is 0 Å². The van der Waals surface area contributed by atoms with Gasteiger partial charge in [-0.2, -0.15) is 0 Å². The fraction of sp³-hybridized carbons (Fsp3) is 0.550. The Kier molecular flexibility index (Phi) is 6.24. The maximum Gasteiger partial charge on any atom is 0.246 e. The van der Waals surface area contributed by atoms with E-state index in [9.17, 15) is 9.90 Å². The molecule has 0 bridgehead atoms. The fourth-order valence-electron chi connectivity index (χ4n) is 3.73.